The molecule has 1 aromatic carbocycles. The van der Waals surface area contributed by atoms with Crippen LogP contribution in [0.1, 0.15) is 38.2 Å². The summed E-state index contributed by atoms with van der Waals surface area (Å²) in [5, 5.41) is 0. The van der Waals surface area contributed by atoms with E-state index in [1.54, 1.807) is 12.3 Å². The molecule has 4 N–H and O–H groups in total. The van der Waals surface area contributed by atoms with Crippen LogP contribution >= 0.6 is 0 Å². The number of hydrogen-bond donors (Lipinski definition) is 2. The van der Waals surface area contributed by atoms with E-state index in [-0.39, 0.29) is 11.9 Å². The lowest BCUT2D eigenvalue weighted by Crippen LogP contribution is -2.39. The maximum atomic E-state index is 12.0. The van der Waals surface area contributed by atoms with Crippen LogP contribution in [0.15, 0.2) is 41.3 Å². The fourth-order valence-electron chi connectivity index (χ4n) is 3.80. The lowest BCUT2D eigenvalue weighted by atomic mass is 9.91. The number of carbonyl (C=O) groups excluding carboxylic acids is 1. The Morgan fingerprint density at radius 3 is 2.46 bits per heavy atom. The van der Waals surface area contributed by atoms with Gasteiger partial charge in [-0.1, -0.05) is 19.1 Å². The van der Waals surface area contributed by atoms with Crippen molar-refractivity contribution in [2.45, 2.75) is 51.3 Å². The minimum Gasteiger partial charge on any atom is -0.446 e. The Morgan fingerprint density at radius 2 is 1.89 bits per heavy atom. The molecule has 1 heterocycles. The summed E-state index contributed by atoms with van der Waals surface area (Å²) >= 11 is 0. The van der Waals surface area contributed by atoms with Gasteiger partial charge >= 0.3 is 11.8 Å². The molecule has 3 rings (SSSR count). The molecule has 2 aromatic rings. The van der Waals surface area contributed by atoms with Crippen molar-refractivity contribution < 1.29 is 9.53 Å². The predicted molar refractivity (Wildman–Crippen MR) is 107 cm³/mol. The molecule has 8 heteroatoms. The van der Waals surface area contributed by atoms with Crippen molar-refractivity contribution in [3.63, 3.8) is 0 Å². The zero-order chi connectivity index (χ0) is 20.1. The third-order valence-corrected chi connectivity index (χ3v) is 5.27. The Labute approximate surface area is 164 Å². The fraction of sp³-hybridized carbons (Fsp3) is 0.450. The first kappa shape index (κ1) is 19.9. The molecule has 1 aliphatic carbocycles. The molecule has 150 valence electrons. The minimum absolute atomic E-state index is 0.0569. The number of ether oxygens (including phenoxy) is 1. The summed E-state index contributed by atoms with van der Waals surface area (Å²) in [4.78, 5) is 29.1. The van der Waals surface area contributed by atoms with E-state index in [4.69, 9.17) is 16.2 Å². The standard InChI is InChI=1S/C20H27N5O3/c1-2-24(15-7-9-17(10-8-15)28-19(22)26)13-14-3-5-16(6-4-14)25-12-11-18(21)23-20(25)27/h3-6,11-12,15,17H,2,7-10,13H2,1H3,(H2,22,26)(H2,21,23,27)/t15-,17-. The summed E-state index contributed by atoms with van der Waals surface area (Å²) in [7, 11) is 0. The van der Waals surface area contributed by atoms with Gasteiger partial charge in [-0.15, -0.1) is 0 Å². The van der Waals surface area contributed by atoms with Crippen molar-refractivity contribution in [3.05, 3.63) is 52.6 Å². The smallest absolute Gasteiger partial charge is 0.404 e. The number of primary amides is 1. The third kappa shape index (κ3) is 4.89. The molecule has 0 spiro atoms. The highest BCUT2D eigenvalue weighted by Gasteiger charge is 2.26. The Kier molecular flexibility index (Phi) is 6.30. The van der Waals surface area contributed by atoms with E-state index in [2.05, 4.69) is 16.8 Å². The van der Waals surface area contributed by atoms with Crippen LogP contribution in [-0.2, 0) is 11.3 Å². The van der Waals surface area contributed by atoms with Gasteiger partial charge in [0.1, 0.15) is 11.9 Å². The van der Waals surface area contributed by atoms with E-state index >= 15 is 0 Å². The molecule has 0 saturated heterocycles. The molecule has 1 aromatic heterocycles. The van der Waals surface area contributed by atoms with E-state index in [1.165, 1.54) is 10.1 Å². The molecule has 0 aliphatic heterocycles. The highest BCUT2D eigenvalue weighted by Crippen LogP contribution is 2.26. The van der Waals surface area contributed by atoms with E-state index in [1.807, 2.05) is 24.3 Å². The van der Waals surface area contributed by atoms with E-state index in [9.17, 15) is 9.59 Å². The molecular weight excluding hydrogens is 358 g/mol. The molecule has 1 aliphatic rings. The van der Waals surface area contributed by atoms with Gasteiger partial charge in [-0.25, -0.2) is 9.59 Å². The summed E-state index contributed by atoms with van der Waals surface area (Å²) in [6.45, 7) is 3.92. The first-order chi connectivity index (χ1) is 13.5. The average molecular weight is 385 g/mol. The number of nitrogen functional groups attached to an aromatic ring is 1. The maximum absolute atomic E-state index is 12.0. The molecule has 1 saturated carbocycles. The molecule has 8 nitrogen and oxygen atoms in total. The highest BCUT2D eigenvalue weighted by atomic mass is 16.6. The van der Waals surface area contributed by atoms with Crippen molar-refractivity contribution in [2.24, 2.45) is 5.73 Å². The van der Waals surface area contributed by atoms with Crippen LogP contribution in [0.5, 0.6) is 0 Å². The number of hydrogen-bond acceptors (Lipinski definition) is 6. The van der Waals surface area contributed by atoms with Gasteiger partial charge in [0, 0.05) is 18.8 Å². The van der Waals surface area contributed by atoms with Crippen LogP contribution in [0.3, 0.4) is 0 Å². The highest BCUT2D eigenvalue weighted by molar-refractivity contribution is 5.64. The summed E-state index contributed by atoms with van der Waals surface area (Å²) < 4.78 is 6.59. The summed E-state index contributed by atoms with van der Waals surface area (Å²) in [5.74, 6) is 0.215. The second-order valence-corrected chi connectivity index (χ2v) is 7.10. The van der Waals surface area contributed by atoms with Crippen LogP contribution < -0.4 is 17.2 Å². The second-order valence-electron chi connectivity index (χ2n) is 7.10. The number of nitrogens with two attached hydrogens (primary N) is 2. The Bertz CT molecular complexity index is 857. The number of rotatable bonds is 6. The Morgan fingerprint density at radius 1 is 1.21 bits per heavy atom. The van der Waals surface area contributed by atoms with Crippen molar-refractivity contribution >= 4 is 11.9 Å². The predicted octanol–water partition coefficient (Wildman–Crippen LogP) is 2.04. The van der Waals surface area contributed by atoms with Crippen LogP contribution in [-0.4, -0.2) is 39.2 Å². The Balaban J connectivity index is 1.62. The van der Waals surface area contributed by atoms with E-state index < -0.39 is 11.8 Å². The number of benzene rings is 1. The summed E-state index contributed by atoms with van der Waals surface area (Å²) in [6, 6.07) is 9.96. The van der Waals surface area contributed by atoms with Crippen LogP contribution in [0.4, 0.5) is 10.6 Å². The van der Waals surface area contributed by atoms with Gasteiger partial charge in [0.25, 0.3) is 0 Å². The topological polar surface area (TPSA) is 116 Å². The van der Waals surface area contributed by atoms with Gasteiger partial charge in [0.05, 0.1) is 5.69 Å². The van der Waals surface area contributed by atoms with Crippen LogP contribution in [0, 0.1) is 0 Å². The number of nitrogens with zero attached hydrogens (tertiary/aromatic N) is 3. The van der Waals surface area contributed by atoms with Crippen LogP contribution in [0.25, 0.3) is 5.69 Å². The SMILES string of the molecule is CCN(Cc1ccc(-n2ccc(N)nc2=O)cc1)[C@H]1CC[C@H](OC(N)=O)CC1. The fourth-order valence-corrected chi connectivity index (χ4v) is 3.80. The van der Waals surface area contributed by atoms with Crippen LogP contribution in [0.2, 0.25) is 0 Å². The number of aromatic nitrogens is 2. The molecule has 28 heavy (non-hydrogen) atoms. The molecule has 0 atom stereocenters. The number of amides is 1. The van der Waals surface area contributed by atoms with Gasteiger partial charge in [-0.2, -0.15) is 4.98 Å². The zero-order valence-corrected chi connectivity index (χ0v) is 16.1. The van der Waals surface area contributed by atoms with Crippen molar-refractivity contribution in [1.82, 2.24) is 14.5 Å². The monoisotopic (exact) mass is 385 g/mol. The van der Waals surface area contributed by atoms with Crippen molar-refractivity contribution in [2.75, 3.05) is 12.3 Å². The molecular formula is C20H27N5O3. The molecule has 0 unspecified atom stereocenters. The number of anilines is 1. The third-order valence-electron chi connectivity index (χ3n) is 5.27. The number of carbonyl (C=O) groups is 1. The lowest BCUT2D eigenvalue weighted by molar-refractivity contribution is 0.0518. The molecule has 0 radical (unpaired) electrons. The maximum Gasteiger partial charge on any atom is 0.404 e. The lowest BCUT2D eigenvalue weighted by Gasteiger charge is -2.36. The van der Waals surface area contributed by atoms with Crippen molar-refractivity contribution in [1.29, 1.82) is 0 Å². The van der Waals surface area contributed by atoms with E-state index in [0.29, 0.717) is 6.04 Å². The summed E-state index contributed by atoms with van der Waals surface area (Å²) in [6.07, 6.45) is 4.54. The average Bonchev–Trinajstić information content (AvgIpc) is 2.67. The zero-order valence-electron chi connectivity index (χ0n) is 16.1. The molecule has 1 fully saturated rings. The first-order valence-corrected chi connectivity index (χ1v) is 9.61. The van der Waals surface area contributed by atoms with Gasteiger partial charge in [-0.05, 0) is 56.0 Å². The minimum atomic E-state index is -0.689. The van der Waals surface area contributed by atoms with Crippen molar-refractivity contribution in [3.8, 4) is 5.69 Å². The second kappa shape index (κ2) is 8.88. The van der Waals surface area contributed by atoms with Gasteiger partial charge in [0.2, 0.25) is 0 Å². The Hall–Kier alpha value is -2.87. The molecule has 1 amide bonds. The van der Waals surface area contributed by atoms with Gasteiger partial charge in [-0.3, -0.25) is 9.47 Å². The van der Waals surface area contributed by atoms with E-state index in [0.717, 1.165) is 44.5 Å². The molecule has 0 bridgehead atoms. The summed E-state index contributed by atoms with van der Waals surface area (Å²) in [5.41, 5.74) is 12.2. The van der Waals surface area contributed by atoms with Gasteiger partial charge in [0.15, 0.2) is 0 Å². The largest absolute Gasteiger partial charge is 0.446 e. The normalized spacial score (nSPS) is 19.5. The van der Waals surface area contributed by atoms with Gasteiger partial charge < -0.3 is 16.2 Å². The first-order valence-electron chi connectivity index (χ1n) is 9.61. The quantitative estimate of drug-likeness (QED) is 0.786.